The Morgan fingerprint density at radius 3 is 2.50 bits per heavy atom. The number of hydrogen-bond donors (Lipinski definition) is 1. The lowest BCUT2D eigenvalue weighted by Gasteiger charge is -2.33. The Bertz CT molecular complexity index is 1220. The maximum absolute atomic E-state index is 12.2. The lowest BCUT2D eigenvalue weighted by molar-refractivity contribution is -0.120. The first-order valence-corrected chi connectivity index (χ1v) is 11.2. The van der Waals surface area contributed by atoms with E-state index in [-0.39, 0.29) is 5.82 Å². The Kier molecular flexibility index (Phi) is 6.72. The summed E-state index contributed by atoms with van der Waals surface area (Å²) >= 11 is 3.60. The number of halogens is 2. The summed E-state index contributed by atoms with van der Waals surface area (Å²) in [5, 5.41) is 1.36. The molecule has 1 unspecified atom stereocenters. The van der Waals surface area contributed by atoms with Gasteiger partial charge in [0.1, 0.15) is 11.6 Å². The van der Waals surface area contributed by atoms with E-state index in [0.29, 0.717) is 18.3 Å². The number of nitrogens with zero attached hydrogens (tertiary/aromatic N) is 1. The molecule has 0 bridgehead atoms. The first kappa shape index (κ1) is 22.2. The Labute approximate surface area is 195 Å². The minimum atomic E-state index is -0.349. The highest BCUT2D eigenvalue weighted by Gasteiger charge is 2.29. The monoisotopic (exact) mass is 494 g/mol. The number of carbonyl (C=O) groups excluding carboxylic acids is 1. The topological polar surface area (TPSA) is 45.3 Å². The molecular formula is C26H24BrFN2O2. The van der Waals surface area contributed by atoms with Crippen LogP contribution in [-0.2, 0) is 11.2 Å². The van der Waals surface area contributed by atoms with E-state index in [1.807, 2.05) is 0 Å². The summed E-state index contributed by atoms with van der Waals surface area (Å²) in [7, 11) is 2.22. The van der Waals surface area contributed by atoms with E-state index >= 15 is 0 Å². The van der Waals surface area contributed by atoms with Crippen LogP contribution >= 0.6 is 15.9 Å². The minimum absolute atomic E-state index is 0.299. The molecule has 0 radical (unpaired) electrons. The zero-order valence-electron chi connectivity index (χ0n) is 17.9. The average Bonchev–Trinajstić information content (AvgIpc) is 3.14. The average molecular weight is 495 g/mol. The standard InChI is InChI=1S/C19H19BrN2.C7H5FO2/c1-12-3-5-13(6-4-12)19-18-15(9-10-22(19)2)16-11-14(20)7-8-17(16)21-18;8-6-1-3-7(4-2-6)10-5-9/h3-8,11,19,21H,9-10H2,1-2H3;1-5H. The van der Waals surface area contributed by atoms with E-state index < -0.39 is 0 Å². The third kappa shape index (κ3) is 4.76. The third-order valence-corrected chi connectivity index (χ3v) is 6.21. The molecule has 3 aromatic carbocycles. The normalized spacial score (nSPS) is 15.6. The third-order valence-electron chi connectivity index (χ3n) is 5.72. The first-order valence-electron chi connectivity index (χ1n) is 10.4. The highest BCUT2D eigenvalue weighted by atomic mass is 79.9. The van der Waals surface area contributed by atoms with E-state index in [1.54, 1.807) is 0 Å². The van der Waals surface area contributed by atoms with Crippen molar-refractivity contribution >= 4 is 33.3 Å². The van der Waals surface area contributed by atoms with E-state index in [2.05, 4.69) is 87.0 Å². The van der Waals surface area contributed by atoms with Gasteiger partial charge < -0.3 is 9.72 Å². The van der Waals surface area contributed by atoms with Gasteiger partial charge in [0.05, 0.1) is 6.04 Å². The molecule has 0 saturated heterocycles. The minimum Gasteiger partial charge on any atom is -0.429 e. The van der Waals surface area contributed by atoms with Crippen molar-refractivity contribution in [2.75, 3.05) is 13.6 Å². The number of aryl methyl sites for hydroxylation is 1. The maximum atomic E-state index is 12.2. The van der Waals surface area contributed by atoms with E-state index in [1.165, 1.54) is 57.6 Å². The van der Waals surface area contributed by atoms with Crippen molar-refractivity contribution in [3.63, 3.8) is 0 Å². The van der Waals surface area contributed by atoms with E-state index in [0.717, 1.165) is 17.4 Å². The second kappa shape index (κ2) is 9.67. The van der Waals surface area contributed by atoms with Gasteiger partial charge in [-0.2, -0.15) is 0 Å². The Hall–Kier alpha value is -2.96. The molecule has 0 fully saturated rings. The fourth-order valence-electron chi connectivity index (χ4n) is 4.12. The van der Waals surface area contributed by atoms with Crippen molar-refractivity contribution in [1.29, 1.82) is 0 Å². The predicted molar refractivity (Wildman–Crippen MR) is 128 cm³/mol. The van der Waals surface area contributed by atoms with Crippen LogP contribution in [0.3, 0.4) is 0 Å². The predicted octanol–water partition coefficient (Wildman–Crippen LogP) is 6.18. The molecule has 164 valence electrons. The van der Waals surface area contributed by atoms with Gasteiger partial charge in [-0.15, -0.1) is 0 Å². The largest absolute Gasteiger partial charge is 0.429 e. The molecule has 1 atom stereocenters. The Morgan fingerprint density at radius 1 is 1.09 bits per heavy atom. The molecule has 32 heavy (non-hydrogen) atoms. The molecule has 4 nitrogen and oxygen atoms in total. The number of likely N-dealkylation sites (N-methyl/N-ethyl adjacent to an activating group) is 1. The highest BCUT2D eigenvalue weighted by molar-refractivity contribution is 9.10. The van der Waals surface area contributed by atoms with Gasteiger partial charge in [0.2, 0.25) is 0 Å². The lowest BCUT2D eigenvalue weighted by atomic mass is 9.92. The molecule has 4 aromatic rings. The summed E-state index contributed by atoms with van der Waals surface area (Å²) in [5.74, 6) is -0.00495. The molecule has 5 rings (SSSR count). The number of carbonyl (C=O) groups is 1. The number of aromatic amines is 1. The number of H-pyrrole nitrogens is 1. The van der Waals surface area contributed by atoms with Gasteiger partial charge in [-0.1, -0.05) is 45.8 Å². The van der Waals surface area contributed by atoms with Gasteiger partial charge in [0, 0.05) is 27.6 Å². The fourth-order valence-corrected chi connectivity index (χ4v) is 4.48. The number of hydrogen-bond acceptors (Lipinski definition) is 3. The molecule has 0 aliphatic carbocycles. The van der Waals surface area contributed by atoms with Crippen molar-refractivity contribution in [3.8, 4) is 5.75 Å². The quantitative estimate of drug-likeness (QED) is 0.346. The van der Waals surface area contributed by atoms with Crippen molar-refractivity contribution in [3.05, 3.63) is 99.4 Å². The van der Waals surface area contributed by atoms with Gasteiger partial charge in [-0.25, -0.2) is 4.39 Å². The summed E-state index contributed by atoms with van der Waals surface area (Å²) < 4.78 is 17.7. The SMILES string of the molecule is Cc1ccc(C2c3[nH]c4ccc(Br)cc4c3CCN2C)cc1.O=COc1ccc(F)cc1. The van der Waals surface area contributed by atoms with Crippen LogP contribution in [0, 0.1) is 12.7 Å². The zero-order valence-corrected chi connectivity index (χ0v) is 19.5. The lowest BCUT2D eigenvalue weighted by Crippen LogP contribution is -2.32. The van der Waals surface area contributed by atoms with Gasteiger partial charge in [-0.3, -0.25) is 9.69 Å². The van der Waals surface area contributed by atoms with Crippen LogP contribution in [-0.4, -0.2) is 29.9 Å². The van der Waals surface area contributed by atoms with Crippen molar-refractivity contribution < 1.29 is 13.9 Å². The van der Waals surface area contributed by atoms with Crippen LogP contribution < -0.4 is 4.74 Å². The molecule has 0 amide bonds. The van der Waals surface area contributed by atoms with Gasteiger partial charge in [0.25, 0.3) is 6.47 Å². The van der Waals surface area contributed by atoms with Crippen molar-refractivity contribution in [1.82, 2.24) is 9.88 Å². The Morgan fingerprint density at radius 2 is 1.81 bits per heavy atom. The molecule has 6 heteroatoms. The van der Waals surface area contributed by atoms with Crippen LogP contribution in [0.15, 0.2) is 71.2 Å². The number of aromatic nitrogens is 1. The summed E-state index contributed by atoms with van der Waals surface area (Å²) in [6.07, 6.45) is 1.10. The van der Waals surface area contributed by atoms with Gasteiger partial charge in [0.15, 0.2) is 0 Å². The van der Waals surface area contributed by atoms with E-state index in [4.69, 9.17) is 0 Å². The van der Waals surface area contributed by atoms with Crippen LogP contribution in [0.1, 0.15) is 28.4 Å². The molecule has 0 saturated carbocycles. The van der Waals surface area contributed by atoms with Gasteiger partial charge >= 0.3 is 0 Å². The highest BCUT2D eigenvalue weighted by Crippen LogP contribution is 2.38. The smallest absolute Gasteiger partial charge is 0.298 e. The number of nitrogens with one attached hydrogen (secondary N) is 1. The molecule has 2 heterocycles. The molecule has 0 spiro atoms. The van der Waals surface area contributed by atoms with E-state index in [9.17, 15) is 9.18 Å². The van der Waals surface area contributed by atoms with Crippen molar-refractivity contribution in [2.45, 2.75) is 19.4 Å². The molecule has 1 aromatic heterocycles. The van der Waals surface area contributed by atoms with Crippen molar-refractivity contribution in [2.24, 2.45) is 0 Å². The summed E-state index contributed by atoms with van der Waals surface area (Å²) in [6.45, 7) is 3.53. The van der Waals surface area contributed by atoms with Crippen LogP contribution in [0.4, 0.5) is 4.39 Å². The van der Waals surface area contributed by atoms with Gasteiger partial charge in [-0.05, 0) is 74.0 Å². The number of ether oxygens (including phenoxy) is 1. The summed E-state index contributed by atoms with van der Waals surface area (Å²) in [6, 6.07) is 21.0. The molecule has 1 aliphatic heterocycles. The Balaban J connectivity index is 0.000000207. The van der Waals surface area contributed by atoms with Crippen LogP contribution in [0.5, 0.6) is 5.75 Å². The molecule has 1 N–H and O–H groups in total. The van der Waals surface area contributed by atoms with Crippen LogP contribution in [0.2, 0.25) is 0 Å². The zero-order chi connectivity index (χ0) is 22.7. The second-order valence-corrected chi connectivity index (χ2v) is 8.83. The maximum Gasteiger partial charge on any atom is 0.298 e. The number of benzene rings is 3. The molecule has 1 aliphatic rings. The fraction of sp³-hybridized carbons (Fsp3) is 0.192. The molecular weight excluding hydrogens is 471 g/mol. The number of fused-ring (bicyclic) bond motifs is 3. The number of rotatable bonds is 3. The summed E-state index contributed by atoms with van der Waals surface area (Å²) in [5.41, 5.74) is 6.73. The second-order valence-electron chi connectivity index (χ2n) is 7.92. The van der Waals surface area contributed by atoms with Crippen LogP contribution in [0.25, 0.3) is 10.9 Å². The summed E-state index contributed by atoms with van der Waals surface area (Å²) in [4.78, 5) is 15.9. The first-order chi connectivity index (χ1) is 15.5.